The molecule has 2 aromatic rings. The van der Waals surface area contributed by atoms with Crippen LogP contribution in [0.1, 0.15) is 39.0 Å². The Bertz CT molecular complexity index is 628. The summed E-state index contributed by atoms with van der Waals surface area (Å²) in [6, 6.07) is 10.3. The number of hydrogen-bond donors (Lipinski definition) is 0. The van der Waals surface area contributed by atoms with E-state index in [1.54, 1.807) is 11.3 Å². The molecule has 0 fully saturated rings. The number of Topliss-reactive ketones (excluding diaryl/α,β-unsaturated/α-hetero) is 1. The predicted octanol–water partition coefficient (Wildman–Crippen LogP) is 4.06. The Morgan fingerprint density at radius 2 is 2.20 bits per heavy atom. The molecule has 0 radical (unpaired) electrons. The zero-order valence-electron chi connectivity index (χ0n) is 11.6. The number of fused-ring (bicyclic) bond motifs is 1. The van der Waals surface area contributed by atoms with Crippen LogP contribution < -0.4 is 4.74 Å². The zero-order valence-corrected chi connectivity index (χ0v) is 12.5. The Kier molecular flexibility index (Phi) is 3.88. The number of ketones is 1. The van der Waals surface area contributed by atoms with Gasteiger partial charge in [0, 0.05) is 17.7 Å². The second kappa shape index (κ2) is 5.80. The maximum Gasteiger partial charge on any atom is 0.173 e. The maximum absolute atomic E-state index is 12.2. The molecule has 1 aromatic carbocycles. The van der Waals surface area contributed by atoms with Crippen LogP contribution >= 0.6 is 11.3 Å². The minimum Gasteiger partial charge on any atom is -0.493 e. The van der Waals surface area contributed by atoms with Gasteiger partial charge in [0.2, 0.25) is 0 Å². The lowest BCUT2D eigenvalue weighted by molar-refractivity contribution is 0.0986. The minimum absolute atomic E-state index is 0.256. The predicted molar refractivity (Wildman–Crippen MR) is 82.0 cm³/mol. The molecule has 1 aliphatic rings. The second-order valence-corrected chi connectivity index (χ2v) is 6.25. The normalized spacial score (nSPS) is 13.1. The first kappa shape index (κ1) is 13.4. The number of carbonyl (C=O) groups excluding carboxylic acids is 1. The smallest absolute Gasteiger partial charge is 0.173 e. The molecule has 0 saturated heterocycles. The fourth-order valence-corrected chi connectivity index (χ4v) is 3.41. The van der Waals surface area contributed by atoms with Crippen molar-refractivity contribution in [3.8, 4) is 5.75 Å². The maximum atomic E-state index is 12.2. The summed E-state index contributed by atoms with van der Waals surface area (Å²) in [4.78, 5) is 14.3. The lowest BCUT2D eigenvalue weighted by Gasteiger charge is -2.03. The number of hydrogen-bond acceptors (Lipinski definition) is 3. The van der Waals surface area contributed by atoms with Gasteiger partial charge in [0.1, 0.15) is 5.75 Å². The molecule has 20 heavy (non-hydrogen) atoms. The van der Waals surface area contributed by atoms with E-state index in [2.05, 4.69) is 25.1 Å². The second-order valence-electron chi connectivity index (χ2n) is 5.08. The molecule has 2 nitrogen and oxygen atoms in total. The first-order chi connectivity index (χ1) is 9.76. The van der Waals surface area contributed by atoms with Gasteiger partial charge in [-0.15, -0.1) is 11.3 Å². The van der Waals surface area contributed by atoms with Gasteiger partial charge in [0.25, 0.3) is 0 Å². The van der Waals surface area contributed by atoms with Crippen LogP contribution in [-0.4, -0.2) is 12.4 Å². The molecule has 2 heterocycles. The van der Waals surface area contributed by atoms with Gasteiger partial charge in [-0.2, -0.15) is 0 Å². The third-order valence-electron chi connectivity index (χ3n) is 3.68. The monoisotopic (exact) mass is 286 g/mol. The van der Waals surface area contributed by atoms with Gasteiger partial charge in [-0.05, 0) is 42.2 Å². The molecule has 0 spiro atoms. The highest BCUT2D eigenvalue weighted by Crippen LogP contribution is 2.26. The molecule has 0 atom stereocenters. The largest absolute Gasteiger partial charge is 0.493 e. The molecule has 0 aliphatic carbocycles. The molecule has 0 unspecified atom stereocenters. The zero-order chi connectivity index (χ0) is 13.9. The minimum atomic E-state index is 0.256. The Hall–Kier alpha value is -1.61. The Balaban J connectivity index is 1.63. The summed E-state index contributed by atoms with van der Waals surface area (Å²) in [7, 11) is 0. The molecule has 0 saturated carbocycles. The summed E-state index contributed by atoms with van der Waals surface area (Å²) in [6.45, 7) is 2.90. The number of aryl methyl sites for hydroxylation is 2. The van der Waals surface area contributed by atoms with Gasteiger partial charge in [-0.1, -0.05) is 19.1 Å². The Morgan fingerprint density at radius 1 is 1.30 bits per heavy atom. The molecule has 0 amide bonds. The summed E-state index contributed by atoms with van der Waals surface area (Å²) in [5.74, 6) is 1.26. The topological polar surface area (TPSA) is 26.3 Å². The third-order valence-corrected chi connectivity index (χ3v) is 4.95. The van der Waals surface area contributed by atoms with E-state index in [1.165, 1.54) is 16.0 Å². The lowest BCUT2D eigenvalue weighted by atomic mass is 10.0. The average Bonchev–Trinajstić information content (AvgIpc) is 3.12. The van der Waals surface area contributed by atoms with Crippen molar-refractivity contribution in [2.75, 3.05) is 6.61 Å². The average molecular weight is 286 g/mol. The summed E-state index contributed by atoms with van der Waals surface area (Å²) in [5.41, 5.74) is 2.51. The number of rotatable bonds is 5. The van der Waals surface area contributed by atoms with Crippen LogP contribution in [0.5, 0.6) is 5.75 Å². The van der Waals surface area contributed by atoms with Gasteiger partial charge >= 0.3 is 0 Å². The van der Waals surface area contributed by atoms with E-state index in [4.69, 9.17) is 4.74 Å². The van der Waals surface area contributed by atoms with Crippen molar-refractivity contribution in [1.29, 1.82) is 0 Å². The van der Waals surface area contributed by atoms with Crippen molar-refractivity contribution >= 4 is 17.1 Å². The number of benzene rings is 1. The molecular weight excluding hydrogens is 268 g/mol. The van der Waals surface area contributed by atoms with E-state index < -0.39 is 0 Å². The molecule has 1 aromatic heterocycles. The van der Waals surface area contributed by atoms with Crippen LogP contribution in [0, 0.1) is 0 Å². The lowest BCUT2D eigenvalue weighted by Crippen LogP contribution is -1.99. The molecule has 1 aliphatic heterocycles. The van der Waals surface area contributed by atoms with Crippen LogP contribution in [0.15, 0.2) is 30.3 Å². The van der Waals surface area contributed by atoms with Gasteiger partial charge in [-0.25, -0.2) is 0 Å². The summed E-state index contributed by atoms with van der Waals surface area (Å²) in [6.07, 6.45) is 3.39. The quantitative estimate of drug-likeness (QED) is 0.775. The Morgan fingerprint density at radius 3 is 3.00 bits per heavy atom. The first-order valence-electron chi connectivity index (χ1n) is 7.13. The van der Waals surface area contributed by atoms with E-state index >= 15 is 0 Å². The van der Waals surface area contributed by atoms with Gasteiger partial charge < -0.3 is 4.74 Å². The van der Waals surface area contributed by atoms with Crippen molar-refractivity contribution in [3.05, 3.63) is 51.2 Å². The molecule has 0 bridgehead atoms. The van der Waals surface area contributed by atoms with Gasteiger partial charge in [0.05, 0.1) is 11.5 Å². The molecular formula is C17H18O2S. The fraction of sp³-hybridized carbons (Fsp3) is 0.353. The fourth-order valence-electron chi connectivity index (χ4n) is 2.49. The first-order valence-corrected chi connectivity index (χ1v) is 7.94. The van der Waals surface area contributed by atoms with Crippen molar-refractivity contribution in [3.63, 3.8) is 0 Å². The third kappa shape index (κ3) is 2.78. The van der Waals surface area contributed by atoms with Crippen LogP contribution in [0.3, 0.4) is 0 Å². The number of carbonyl (C=O) groups is 1. The Labute approximate surface area is 123 Å². The highest BCUT2D eigenvalue weighted by molar-refractivity contribution is 7.14. The summed E-state index contributed by atoms with van der Waals surface area (Å²) >= 11 is 1.63. The highest BCUT2D eigenvalue weighted by atomic mass is 32.1. The molecule has 3 heteroatoms. The number of ether oxygens (including phenoxy) is 1. The van der Waals surface area contributed by atoms with E-state index in [9.17, 15) is 4.79 Å². The summed E-state index contributed by atoms with van der Waals surface area (Å²) < 4.78 is 5.50. The van der Waals surface area contributed by atoms with Crippen molar-refractivity contribution in [2.45, 2.75) is 32.6 Å². The molecule has 104 valence electrons. The van der Waals surface area contributed by atoms with Crippen molar-refractivity contribution < 1.29 is 9.53 Å². The van der Waals surface area contributed by atoms with E-state index in [0.717, 1.165) is 36.5 Å². The van der Waals surface area contributed by atoms with Gasteiger partial charge in [-0.3, -0.25) is 4.79 Å². The highest BCUT2D eigenvalue weighted by Gasteiger charge is 2.13. The van der Waals surface area contributed by atoms with Crippen LogP contribution in [0.2, 0.25) is 0 Å². The molecule has 0 N–H and O–H groups in total. The standard InChI is InChI=1S/C17H18O2S/c1-2-14-5-8-17(20-14)15(18)6-3-12-4-7-16-13(11-12)9-10-19-16/h4-5,7-8,11H,2-3,6,9-10H2,1H3. The van der Waals surface area contributed by atoms with Crippen molar-refractivity contribution in [2.24, 2.45) is 0 Å². The van der Waals surface area contributed by atoms with Crippen molar-refractivity contribution in [1.82, 2.24) is 0 Å². The van der Waals surface area contributed by atoms with Crippen LogP contribution in [0.4, 0.5) is 0 Å². The SMILES string of the molecule is CCc1ccc(C(=O)CCc2ccc3c(c2)CCO3)s1. The van der Waals surface area contributed by atoms with E-state index in [0.29, 0.717) is 6.42 Å². The summed E-state index contributed by atoms with van der Waals surface area (Å²) in [5, 5.41) is 0. The van der Waals surface area contributed by atoms with E-state index in [-0.39, 0.29) is 5.78 Å². The van der Waals surface area contributed by atoms with E-state index in [1.807, 2.05) is 12.1 Å². The molecule has 3 rings (SSSR count). The van der Waals surface area contributed by atoms with Crippen LogP contribution in [0.25, 0.3) is 0 Å². The number of thiophene rings is 1. The van der Waals surface area contributed by atoms with Crippen LogP contribution in [-0.2, 0) is 19.3 Å². The van der Waals surface area contributed by atoms with Gasteiger partial charge in [0.15, 0.2) is 5.78 Å².